The average Bonchev–Trinajstić information content (AvgIpc) is 3.07. The summed E-state index contributed by atoms with van der Waals surface area (Å²) >= 11 is 1.33. The van der Waals surface area contributed by atoms with Crippen molar-refractivity contribution in [1.82, 2.24) is 0 Å². The van der Waals surface area contributed by atoms with Gasteiger partial charge in [0.05, 0.1) is 30.2 Å². The molecule has 6 nitrogen and oxygen atoms in total. The van der Waals surface area contributed by atoms with E-state index in [-0.39, 0.29) is 18.8 Å². The summed E-state index contributed by atoms with van der Waals surface area (Å²) in [7, 11) is 0. The van der Waals surface area contributed by atoms with Crippen LogP contribution in [0.4, 0.5) is 5.69 Å². The van der Waals surface area contributed by atoms with Gasteiger partial charge in [-0.05, 0) is 49.2 Å². The van der Waals surface area contributed by atoms with E-state index in [9.17, 15) is 9.59 Å². The Balaban J connectivity index is 1.57. The predicted octanol–water partition coefficient (Wildman–Crippen LogP) is 4.39. The highest BCUT2D eigenvalue weighted by Gasteiger charge is 2.14. The highest BCUT2D eigenvalue weighted by molar-refractivity contribution is 7.99. The predicted molar refractivity (Wildman–Crippen MR) is 112 cm³/mol. The Labute approximate surface area is 172 Å². The van der Waals surface area contributed by atoms with Gasteiger partial charge in [0.15, 0.2) is 6.61 Å². The highest BCUT2D eigenvalue weighted by Crippen LogP contribution is 2.27. The Morgan fingerprint density at radius 2 is 1.97 bits per heavy atom. The molecule has 0 bridgehead atoms. The third-order valence-electron chi connectivity index (χ3n) is 4.42. The molecule has 1 N–H and O–H groups in total. The van der Waals surface area contributed by atoms with Crippen LogP contribution in [0.5, 0.6) is 0 Å². The van der Waals surface area contributed by atoms with E-state index in [2.05, 4.69) is 11.4 Å². The van der Waals surface area contributed by atoms with Crippen molar-refractivity contribution in [3.05, 3.63) is 59.4 Å². The monoisotopic (exact) mass is 408 g/mol. The van der Waals surface area contributed by atoms with Crippen LogP contribution in [0, 0.1) is 25.2 Å². The van der Waals surface area contributed by atoms with Gasteiger partial charge in [-0.2, -0.15) is 5.26 Å². The fourth-order valence-electron chi connectivity index (χ4n) is 2.82. The van der Waals surface area contributed by atoms with Crippen LogP contribution in [-0.2, 0) is 20.7 Å². The quantitative estimate of drug-likeness (QED) is 0.460. The summed E-state index contributed by atoms with van der Waals surface area (Å²) in [5.74, 6) is -0.667. The standard InChI is InChI=1S/C22H20N2O4S/c1-14-9-17-16(12-27-19(17)10-15(14)2)11-22(26)28-13-21(25)24-18-5-3-4-6-20(18)29-8-7-23/h3-6,9-10,12H,8,11,13H2,1-2H3,(H,24,25). The number of benzene rings is 2. The van der Waals surface area contributed by atoms with Crippen LogP contribution < -0.4 is 5.32 Å². The van der Waals surface area contributed by atoms with E-state index in [0.29, 0.717) is 5.69 Å². The SMILES string of the molecule is Cc1cc2occ(CC(=O)OCC(=O)Nc3ccccc3SCC#N)c2cc1C. The van der Waals surface area contributed by atoms with Crippen molar-refractivity contribution in [3.8, 4) is 6.07 Å². The summed E-state index contributed by atoms with van der Waals surface area (Å²) in [6.07, 6.45) is 1.57. The Bertz CT molecular complexity index is 1100. The number of hydrogen-bond donors (Lipinski definition) is 1. The molecule has 7 heteroatoms. The number of para-hydroxylation sites is 1. The van der Waals surface area contributed by atoms with E-state index >= 15 is 0 Å². The normalized spacial score (nSPS) is 10.5. The zero-order valence-corrected chi connectivity index (χ0v) is 17.0. The number of nitrogens with zero attached hydrogens (tertiary/aromatic N) is 1. The molecule has 0 saturated heterocycles. The van der Waals surface area contributed by atoms with Crippen LogP contribution in [0.15, 0.2) is 52.0 Å². The minimum absolute atomic E-state index is 0.0252. The van der Waals surface area contributed by atoms with Gasteiger partial charge in [0.25, 0.3) is 5.91 Å². The third kappa shape index (κ3) is 5.18. The summed E-state index contributed by atoms with van der Waals surface area (Å²) < 4.78 is 10.6. The lowest BCUT2D eigenvalue weighted by Gasteiger charge is -2.10. The molecule has 3 rings (SSSR count). The van der Waals surface area contributed by atoms with Crippen molar-refractivity contribution in [1.29, 1.82) is 5.26 Å². The van der Waals surface area contributed by atoms with Crippen LogP contribution in [0.3, 0.4) is 0 Å². The lowest BCUT2D eigenvalue weighted by molar-refractivity contribution is -0.146. The summed E-state index contributed by atoms with van der Waals surface area (Å²) in [6.45, 7) is 3.62. The van der Waals surface area contributed by atoms with E-state index in [1.165, 1.54) is 11.8 Å². The van der Waals surface area contributed by atoms with Crippen LogP contribution in [-0.4, -0.2) is 24.2 Å². The number of fused-ring (bicyclic) bond motifs is 1. The number of aryl methyl sites for hydroxylation is 2. The van der Waals surface area contributed by atoms with E-state index in [1.807, 2.05) is 38.1 Å². The zero-order valence-electron chi connectivity index (χ0n) is 16.2. The Hall–Kier alpha value is -3.24. The molecular weight excluding hydrogens is 388 g/mol. The Morgan fingerprint density at radius 3 is 2.76 bits per heavy atom. The number of rotatable bonds is 7. The highest BCUT2D eigenvalue weighted by atomic mass is 32.2. The van der Waals surface area contributed by atoms with E-state index in [1.54, 1.807) is 18.4 Å². The molecule has 1 aromatic heterocycles. The number of carbonyl (C=O) groups excluding carboxylic acids is 2. The molecule has 2 aromatic carbocycles. The molecule has 3 aromatic rings. The molecule has 0 atom stereocenters. The summed E-state index contributed by atoms with van der Waals surface area (Å²) in [4.78, 5) is 25.1. The Kier molecular flexibility index (Phi) is 6.57. The fraction of sp³-hybridized carbons (Fsp3) is 0.227. The first-order chi connectivity index (χ1) is 14.0. The molecule has 0 saturated carbocycles. The van der Waals surface area contributed by atoms with Gasteiger partial charge >= 0.3 is 5.97 Å². The van der Waals surface area contributed by atoms with Gasteiger partial charge in [0.1, 0.15) is 5.58 Å². The molecule has 0 unspecified atom stereocenters. The number of thioether (sulfide) groups is 1. The molecule has 0 spiro atoms. The first-order valence-corrected chi connectivity index (χ1v) is 9.98. The maximum atomic E-state index is 12.2. The molecule has 0 fully saturated rings. The van der Waals surface area contributed by atoms with Crippen LogP contribution in [0.25, 0.3) is 11.0 Å². The number of hydrogen-bond acceptors (Lipinski definition) is 6. The van der Waals surface area contributed by atoms with E-state index < -0.39 is 11.9 Å². The van der Waals surface area contributed by atoms with Crippen LogP contribution in [0.1, 0.15) is 16.7 Å². The second-order valence-electron chi connectivity index (χ2n) is 6.52. The number of anilines is 1. The molecule has 1 heterocycles. The largest absolute Gasteiger partial charge is 0.464 e. The average molecular weight is 408 g/mol. The second kappa shape index (κ2) is 9.30. The number of furan rings is 1. The number of ether oxygens (including phenoxy) is 1. The summed E-state index contributed by atoms with van der Waals surface area (Å²) in [5.41, 5.74) is 4.26. The van der Waals surface area contributed by atoms with Gasteiger partial charge in [-0.25, -0.2) is 0 Å². The van der Waals surface area contributed by atoms with Crippen LogP contribution in [0.2, 0.25) is 0 Å². The van der Waals surface area contributed by atoms with E-state index in [0.717, 1.165) is 32.6 Å². The van der Waals surface area contributed by atoms with Gasteiger partial charge in [0.2, 0.25) is 0 Å². The minimum Gasteiger partial charge on any atom is -0.464 e. The van der Waals surface area contributed by atoms with Crippen molar-refractivity contribution >= 4 is 40.3 Å². The van der Waals surface area contributed by atoms with Crippen LogP contribution >= 0.6 is 11.8 Å². The zero-order chi connectivity index (χ0) is 20.8. The first kappa shape index (κ1) is 20.5. The molecule has 0 aliphatic heterocycles. The topological polar surface area (TPSA) is 92.3 Å². The lowest BCUT2D eigenvalue weighted by Crippen LogP contribution is -2.21. The molecule has 148 valence electrons. The van der Waals surface area contributed by atoms with Gasteiger partial charge in [0, 0.05) is 15.8 Å². The Morgan fingerprint density at radius 1 is 1.21 bits per heavy atom. The number of nitriles is 1. The number of esters is 1. The second-order valence-corrected chi connectivity index (χ2v) is 7.54. The van der Waals surface area contributed by atoms with Gasteiger partial charge in [-0.3, -0.25) is 9.59 Å². The minimum atomic E-state index is -0.506. The van der Waals surface area contributed by atoms with Gasteiger partial charge in [-0.15, -0.1) is 11.8 Å². The van der Waals surface area contributed by atoms with Crippen molar-refractivity contribution in [2.75, 3.05) is 17.7 Å². The lowest BCUT2D eigenvalue weighted by atomic mass is 10.0. The first-order valence-electron chi connectivity index (χ1n) is 8.99. The molecule has 29 heavy (non-hydrogen) atoms. The molecule has 1 amide bonds. The van der Waals surface area contributed by atoms with Crippen molar-refractivity contribution in [3.63, 3.8) is 0 Å². The number of carbonyl (C=O) groups is 2. The molecular formula is C22H20N2O4S. The molecule has 0 radical (unpaired) electrons. The fourth-order valence-corrected chi connectivity index (χ4v) is 3.49. The van der Waals surface area contributed by atoms with E-state index in [4.69, 9.17) is 14.4 Å². The number of nitrogens with one attached hydrogen (secondary N) is 1. The van der Waals surface area contributed by atoms with Gasteiger partial charge in [-0.1, -0.05) is 12.1 Å². The number of amides is 1. The van der Waals surface area contributed by atoms with Crippen molar-refractivity contribution in [2.45, 2.75) is 25.2 Å². The molecule has 0 aliphatic rings. The summed E-state index contributed by atoms with van der Waals surface area (Å²) in [6, 6.07) is 13.1. The maximum Gasteiger partial charge on any atom is 0.310 e. The maximum absolute atomic E-state index is 12.2. The molecule has 0 aliphatic carbocycles. The smallest absolute Gasteiger partial charge is 0.310 e. The van der Waals surface area contributed by atoms with Crippen molar-refractivity contribution < 1.29 is 18.7 Å². The summed E-state index contributed by atoms with van der Waals surface area (Å²) in [5, 5.41) is 12.3. The van der Waals surface area contributed by atoms with Crippen molar-refractivity contribution in [2.24, 2.45) is 0 Å². The third-order valence-corrected chi connectivity index (χ3v) is 5.36. The van der Waals surface area contributed by atoms with Gasteiger partial charge < -0.3 is 14.5 Å².